The van der Waals surface area contributed by atoms with Crippen LogP contribution in [0.25, 0.3) is 0 Å². The van der Waals surface area contributed by atoms with Crippen LogP contribution in [-0.4, -0.2) is 18.2 Å². The van der Waals surface area contributed by atoms with Crippen LogP contribution in [0.4, 0.5) is 0 Å². The summed E-state index contributed by atoms with van der Waals surface area (Å²) in [5.74, 6) is 1.54. The Balaban J connectivity index is 2.25. The molecule has 0 aliphatic carbocycles. The molecule has 0 saturated carbocycles. The van der Waals surface area contributed by atoms with Crippen LogP contribution in [0.2, 0.25) is 0 Å². The molecular weight excluding hydrogens is 276 g/mol. The van der Waals surface area contributed by atoms with Gasteiger partial charge in [-0.05, 0) is 48.2 Å². The van der Waals surface area contributed by atoms with Gasteiger partial charge in [-0.2, -0.15) is 0 Å². The van der Waals surface area contributed by atoms with E-state index in [1.165, 1.54) is 0 Å². The first-order valence-electron chi connectivity index (χ1n) is 7.81. The van der Waals surface area contributed by atoms with E-state index in [2.05, 4.69) is 18.8 Å². The fraction of sp³-hybridized carbons (Fsp3) is 0.389. The van der Waals surface area contributed by atoms with Gasteiger partial charge < -0.3 is 15.2 Å². The molecule has 4 heteroatoms. The van der Waals surface area contributed by atoms with Gasteiger partial charge in [0.25, 0.3) is 0 Å². The van der Waals surface area contributed by atoms with E-state index in [0.29, 0.717) is 13.2 Å². The molecule has 2 N–H and O–H groups in total. The maximum Gasteiger partial charge on any atom is 0.161 e. The maximum atomic E-state index is 6.34. The van der Waals surface area contributed by atoms with Crippen molar-refractivity contribution in [3.8, 4) is 11.5 Å². The van der Waals surface area contributed by atoms with E-state index in [-0.39, 0.29) is 6.04 Å². The molecule has 0 radical (unpaired) electrons. The van der Waals surface area contributed by atoms with Crippen molar-refractivity contribution in [3.05, 3.63) is 53.9 Å². The van der Waals surface area contributed by atoms with Crippen LogP contribution < -0.4 is 15.2 Å². The molecule has 2 rings (SSSR count). The highest BCUT2D eigenvalue weighted by molar-refractivity contribution is 5.45. The monoisotopic (exact) mass is 300 g/mol. The van der Waals surface area contributed by atoms with Crippen LogP contribution in [0.5, 0.6) is 11.5 Å². The Kier molecular flexibility index (Phi) is 6.22. The summed E-state index contributed by atoms with van der Waals surface area (Å²) in [7, 11) is 0. The Bertz CT molecular complexity index is 573. The second kappa shape index (κ2) is 8.39. The molecule has 1 heterocycles. The second-order valence-electron chi connectivity index (χ2n) is 5.16. The molecule has 0 amide bonds. The van der Waals surface area contributed by atoms with E-state index in [4.69, 9.17) is 15.2 Å². The Labute approximate surface area is 132 Å². The lowest BCUT2D eigenvalue weighted by atomic mass is 10.0. The van der Waals surface area contributed by atoms with Crippen molar-refractivity contribution in [2.24, 2.45) is 5.73 Å². The Hall–Kier alpha value is -2.07. The van der Waals surface area contributed by atoms with Crippen LogP contribution in [0.3, 0.4) is 0 Å². The van der Waals surface area contributed by atoms with E-state index >= 15 is 0 Å². The van der Waals surface area contributed by atoms with E-state index < -0.39 is 0 Å². The molecule has 1 aromatic heterocycles. The number of hydrogen-bond donors (Lipinski definition) is 1. The number of hydrogen-bond acceptors (Lipinski definition) is 4. The molecule has 0 fully saturated rings. The summed E-state index contributed by atoms with van der Waals surface area (Å²) in [6, 6.07) is 9.57. The highest BCUT2D eigenvalue weighted by Crippen LogP contribution is 2.32. The van der Waals surface area contributed by atoms with Crippen molar-refractivity contribution in [1.82, 2.24) is 4.98 Å². The largest absolute Gasteiger partial charge is 0.490 e. The lowest BCUT2D eigenvalue weighted by molar-refractivity contribution is 0.268. The topological polar surface area (TPSA) is 57.4 Å². The van der Waals surface area contributed by atoms with Crippen molar-refractivity contribution in [2.75, 3.05) is 13.2 Å². The van der Waals surface area contributed by atoms with Crippen LogP contribution >= 0.6 is 0 Å². The standard InChI is InChI=1S/C18H24N2O2/c1-3-11-21-16-6-5-15(13-17(16)22-12-4-2)18(19)14-7-9-20-10-8-14/h5-10,13,18H,3-4,11-12,19H2,1-2H3. The number of benzene rings is 1. The lowest BCUT2D eigenvalue weighted by Crippen LogP contribution is -2.12. The van der Waals surface area contributed by atoms with Gasteiger partial charge in [0, 0.05) is 12.4 Å². The number of nitrogens with zero attached hydrogens (tertiary/aromatic N) is 1. The highest BCUT2D eigenvalue weighted by atomic mass is 16.5. The van der Waals surface area contributed by atoms with Gasteiger partial charge >= 0.3 is 0 Å². The number of ether oxygens (including phenoxy) is 2. The zero-order valence-corrected chi connectivity index (χ0v) is 13.3. The molecular formula is C18H24N2O2. The van der Waals surface area contributed by atoms with E-state index in [9.17, 15) is 0 Å². The molecule has 0 bridgehead atoms. The lowest BCUT2D eigenvalue weighted by Gasteiger charge is -2.17. The normalized spacial score (nSPS) is 12.0. The number of nitrogens with two attached hydrogens (primary N) is 1. The molecule has 0 spiro atoms. The molecule has 0 aliphatic rings. The average Bonchev–Trinajstić information content (AvgIpc) is 2.58. The van der Waals surface area contributed by atoms with Crippen molar-refractivity contribution >= 4 is 0 Å². The summed E-state index contributed by atoms with van der Waals surface area (Å²) in [5, 5.41) is 0. The molecule has 2 aromatic rings. The third kappa shape index (κ3) is 4.21. The van der Waals surface area contributed by atoms with Crippen LogP contribution in [0.1, 0.15) is 43.9 Å². The Morgan fingerprint density at radius 2 is 1.55 bits per heavy atom. The van der Waals surface area contributed by atoms with Gasteiger partial charge in [-0.3, -0.25) is 4.98 Å². The van der Waals surface area contributed by atoms with E-state index in [1.807, 2.05) is 30.3 Å². The fourth-order valence-electron chi connectivity index (χ4n) is 2.14. The first-order chi connectivity index (χ1) is 10.8. The van der Waals surface area contributed by atoms with Gasteiger partial charge in [0.2, 0.25) is 0 Å². The molecule has 0 saturated heterocycles. The van der Waals surface area contributed by atoms with Crippen molar-refractivity contribution in [3.63, 3.8) is 0 Å². The average molecular weight is 300 g/mol. The molecule has 1 unspecified atom stereocenters. The summed E-state index contributed by atoms with van der Waals surface area (Å²) < 4.78 is 11.6. The molecule has 4 nitrogen and oxygen atoms in total. The minimum atomic E-state index is -0.202. The third-order valence-electron chi connectivity index (χ3n) is 3.32. The van der Waals surface area contributed by atoms with Crippen LogP contribution in [0.15, 0.2) is 42.7 Å². The SMILES string of the molecule is CCCOc1ccc(C(N)c2ccncc2)cc1OCCC. The highest BCUT2D eigenvalue weighted by Gasteiger charge is 2.13. The van der Waals surface area contributed by atoms with Crippen LogP contribution in [0, 0.1) is 0 Å². The van der Waals surface area contributed by atoms with Gasteiger partial charge in [0.1, 0.15) is 0 Å². The third-order valence-corrected chi connectivity index (χ3v) is 3.32. The smallest absolute Gasteiger partial charge is 0.161 e. The Morgan fingerprint density at radius 1 is 0.909 bits per heavy atom. The number of aromatic nitrogens is 1. The Morgan fingerprint density at radius 3 is 2.18 bits per heavy atom. The maximum absolute atomic E-state index is 6.34. The van der Waals surface area contributed by atoms with Crippen LogP contribution in [-0.2, 0) is 0 Å². The minimum Gasteiger partial charge on any atom is -0.490 e. The zero-order valence-electron chi connectivity index (χ0n) is 13.3. The van der Waals surface area contributed by atoms with Gasteiger partial charge in [-0.25, -0.2) is 0 Å². The summed E-state index contributed by atoms with van der Waals surface area (Å²) in [6.45, 7) is 5.51. The predicted octanol–water partition coefficient (Wildman–Crippen LogP) is 3.71. The quantitative estimate of drug-likeness (QED) is 0.807. The van der Waals surface area contributed by atoms with E-state index in [0.717, 1.165) is 35.5 Å². The van der Waals surface area contributed by atoms with Gasteiger partial charge in [-0.15, -0.1) is 0 Å². The van der Waals surface area contributed by atoms with Crippen molar-refractivity contribution in [1.29, 1.82) is 0 Å². The van der Waals surface area contributed by atoms with Gasteiger partial charge in [-0.1, -0.05) is 19.9 Å². The summed E-state index contributed by atoms with van der Waals surface area (Å²) in [4.78, 5) is 4.03. The predicted molar refractivity (Wildman–Crippen MR) is 88.3 cm³/mol. The summed E-state index contributed by atoms with van der Waals surface area (Å²) >= 11 is 0. The molecule has 118 valence electrons. The summed E-state index contributed by atoms with van der Waals surface area (Å²) in [5.41, 5.74) is 8.37. The molecule has 22 heavy (non-hydrogen) atoms. The van der Waals surface area contributed by atoms with E-state index in [1.54, 1.807) is 12.4 Å². The minimum absolute atomic E-state index is 0.202. The summed E-state index contributed by atoms with van der Waals surface area (Å²) in [6.07, 6.45) is 5.42. The van der Waals surface area contributed by atoms with Crippen molar-refractivity contribution < 1.29 is 9.47 Å². The zero-order chi connectivity index (χ0) is 15.8. The first kappa shape index (κ1) is 16.3. The molecule has 1 aromatic carbocycles. The number of rotatable bonds is 8. The van der Waals surface area contributed by atoms with Crippen molar-refractivity contribution in [2.45, 2.75) is 32.7 Å². The number of pyridine rings is 1. The second-order valence-corrected chi connectivity index (χ2v) is 5.16. The first-order valence-corrected chi connectivity index (χ1v) is 7.81. The molecule has 0 aliphatic heterocycles. The van der Waals surface area contributed by atoms with Gasteiger partial charge in [0.05, 0.1) is 19.3 Å². The fourth-order valence-corrected chi connectivity index (χ4v) is 2.14. The van der Waals surface area contributed by atoms with Gasteiger partial charge in [0.15, 0.2) is 11.5 Å². The molecule has 1 atom stereocenters.